The fourth-order valence-electron chi connectivity index (χ4n) is 2.90. The summed E-state index contributed by atoms with van der Waals surface area (Å²) in [5, 5.41) is 24.6. The van der Waals surface area contributed by atoms with Crippen molar-refractivity contribution < 1.29 is 19.6 Å². The molecule has 3 rings (SSSR count). The number of nitro groups is 1. The van der Waals surface area contributed by atoms with Crippen molar-refractivity contribution in [3.63, 3.8) is 0 Å². The van der Waals surface area contributed by atoms with Gasteiger partial charge in [0.05, 0.1) is 28.9 Å². The van der Waals surface area contributed by atoms with Crippen LogP contribution in [0.1, 0.15) is 17.2 Å². The van der Waals surface area contributed by atoms with Gasteiger partial charge in [-0.05, 0) is 24.1 Å². The quantitative estimate of drug-likeness (QED) is 0.608. The predicted octanol–water partition coefficient (Wildman–Crippen LogP) is 3.01. The Morgan fingerprint density at radius 3 is 2.77 bits per heavy atom. The average molecular weight is 357 g/mol. The van der Waals surface area contributed by atoms with Crippen molar-refractivity contribution in [3.05, 3.63) is 63.7 Å². The van der Waals surface area contributed by atoms with E-state index in [-0.39, 0.29) is 18.8 Å². The fraction of sp³-hybridized carbons (Fsp3) is 0.278. The maximum Gasteiger partial charge on any atom is 0.414 e. The number of anilines is 2. The summed E-state index contributed by atoms with van der Waals surface area (Å²) in [6.07, 6.45) is -1.31. The Morgan fingerprint density at radius 2 is 2.12 bits per heavy atom. The Bertz CT molecular complexity index is 839. The maximum absolute atomic E-state index is 11.9. The first-order chi connectivity index (χ1) is 12.5. The maximum atomic E-state index is 11.9. The first kappa shape index (κ1) is 17.7. The molecule has 8 heteroatoms. The van der Waals surface area contributed by atoms with Crippen LogP contribution in [0.4, 0.5) is 21.9 Å². The minimum Gasteiger partial charge on any atom is -0.447 e. The molecule has 136 valence electrons. The number of rotatable bonds is 6. The lowest BCUT2D eigenvalue weighted by Gasteiger charge is -2.20. The summed E-state index contributed by atoms with van der Waals surface area (Å²) in [5.41, 5.74) is 2.52. The van der Waals surface area contributed by atoms with Gasteiger partial charge in [0.15, 0.2) is 0 Å². The van der Waals surface area contributed by atoms with E-state index in [0.29, 0.717) is 17.9 Å². The van der Waals surface area contributed by atoms with Crippen LogP contribution in [0.2, 0.25) is 0 Å². The summed E-state index contributed by atoms with van der Waals surface area (Å²) in [4.78, 5) is 23.8. The molecule has 0 spiro atoms. The second kappa shape index (κ2) is 7.40. The Hall–Kier alpha value is -3.13. The monoisotopic (exact) mass is 357 g/mol. The molecule has 1 heterocycles. The number of aryl methyl sites for hydroxylation is 1. The van der Waals surface area contributed by atoms with Gasteiger partial charge < -0.3 is 15.2 Å². The molecule has 1 atom stereocenters. The topological polar surface area (TPSA) is 105 Å². The van der Waals surface area contributed by atoms with E-state index in [9.17, 15) is 20.0 Å². The van der Waals surface area contributed by atoms with Gasteiger partial charge in [-0.15, -0.1) is 0 Å². The smallest absolute Gasteiger partial charge is 0.414 e. The van der Waals surface area contributed by atoms with Crippen molar-refractivity contribution in [1.82, 2.24) is 0 Å². The third-order valence-corrected chi connectivity index (χ3v) is 4.28. The summed E-state index contributed by atoms with van der Waals surface area (Å²) >= 11 is 0. The van der Waals surface area contributed by atoms with E-state index in [2.05, 4.69) is 5.32 Å². The Kier molecular flexibility index (Phi) is 5.04. The molecule has 8 nitrogen and oxygen atoms in total. The molecule has 1 unspecified atom stereocenters. The Labute approximate surface area is 150 Å². The van der Waals surface area contributed by atoms with Crippen LogP contribution < -0.4 is 10.2 Å². The minimum atomic E-state index is -0.759. The predicted molar refractivity (Wildman–Crippen MR) is 96.4 cm³/mol. The first-order valence-electron chi connectivity index (χ1n) is 8.17. The van der Waals surface area contributed by atoms with E-state index < -0.39 is 17.1 Å². The summed E-state index contributed by atoms with van der Waals surface area (Å²) in [6.45, 7) is 2.65. The van der Waals surface area contributed by atoms with Gasteiger partial charge in [-0.2, -0.15) is 0 Å². The zero-order valence-corrected chi connectivity index (χ0v) is 14.2. The molecule has 1 saturated heterocycles. The third kappa shape index (κ3) is 3.60. The van der Waals surface area contributed by atoms with Crippen LogP contribution in [0.25, 0.3) is 0 Å². The molecule has 0 aromatic heterocycles. The van der Waals surface area contributed by atoms with E-state index in [0.717, 1.165) is 11.1 Å². The van der Waals surface area contributed by atoms with Crippen LogP contribution in [0.15, 0.2) is 42.5 Å². The largest absolute Gasteiger partial charge is 0.447 e. The molecule has 2 aromatic carbocycles. The number of carbonyl (C=O) groups is 1. The first-order valence-corrected chi connectivity index (χ1v) is 8.17. The van der Waals surface area contributed by atoms with E-state index in [1.807, 2.05) is 31.2 Å². The number of benzene rings is 2. The number of hydrogen-bond donors (Lipinski definition) is 2. The average Bonchev–Trinajstić information content (AvgIpc) is 3.05. The Balaban J connectivity index is 1.83. The summed E-state index contributed by atoms with van der Waals surface area (Å²) in [6, 6.07) is 11.7. The molecule has 0 saturated carbocycles. The van der Waals surface area contributed by atoms with Crippen molar-refractivity contribution >= 4 is 23.2 Å². The SMILES string of the molecule is Cc1ccccc1C(O)CNc1ccc([N+](=O)[O-])cc1N1CCOC1=O. The van der Waals surface area contributed by atoms with Gasteiger partial charge in [0, 0.05) is 18.7 Å². The number of aliphatic hydroxyl groups excluding tert-OH is 1. The van der Waals surface area contributed by atoms with Gasteiger partial charge in [0.25, 0.3) is 5.69 Å². The molecular formula is C18H19N3O5. The lowest BCUT2D eigenvalue weighted by atomic mass is 10.0. The van der Waals surface area contributed by atoms with Crippen molar-refractivity contribution in [2.45, 2.75) is 13.0 Å². The Morgan fingerprint density at radius 1 is 1.35 bits per heavy atom. The molecule has 1 aliphatic rings. The highest BCUT2D eigenvalue weighted by Gasteiger charge is 2.27. The summed E-state index contributed by atoms with van der Waals surface area (Å²) in [5.74, 6) is 0. The summed E-state index contributed by atoms with van der Waals surface area (Å²) in [7, 11) is 0. The minimum absolute atomic E-state index is 0.121. The number of nitrogens with one attached hydrogen (secondary N) is 1. The molecule has 2 aromatic rings. The van der Waals surface area contributed by atoms with Gasteiger partial charge >= 0.3 is 6.09 Å². The van der Waals surface area contributed by atoms with Crippen LogP contribution in [-0.2, 0) is 4.74 Å². The second-order valence-corrected chi connectivity index (χ2v) is 5.98. The van der Waals surface area contributed by atoms with E-state index in [1.165, 1.54) is 23.1 Å². The number of hydrogen-bond acceptors (Lipinski definition) is 6. The van der Waals surface area contributed by atoms with Crippen molar-refractivity contribution in [2.24, 2.45) is 0 Å². The number of nitrogens with zero attached hydrogens (tertiary/aromatic N) is 2. The lowest BCUT2D eigenvalue weighted by Crippen LogP contribution is -2.25. The highest BCUT2D eigenvalue weighted by Crippen LogP contribution is 2.32. The van der Waals surface area contributed by atoms with E-state index in [4.69, 9.17) is 4.74 Å². The van der Waals surface area contributed by atoms with E-state index >= 15 is 0 Å². The molecule has 0 bridgehead atoms. The van der Waals surface area contributed by atoms with Gasteiger partial charge in [-0.3, -0.25) is 15.0 Å². The number of nitro benzene ring substituents is 1. The van der Waals surface area contributed by atoms with Crippen LogP contribution in [-0.4, -0.2) is 35.8 Å². The molecule has 1 aliphatic heterocycles. The number of ether oxygens (including phenoxy) is 1. The molecule has 1 amide bonds. The van der Waals surface area contributed by atoms with Crippen LogP contribution in [0.5, 0.6) is 0 Å². The number of aliphatic hydroxyl groups is 1. The van der Waals surface area contributed by atoms with Gasteiger partial charge in [-0.25, -0.2) is 4.79 Å². The number of carbonyl (C=O) groups excluding carboxylic acids is 1. The molecule has 26 heavy (non-hydrogen) atoms. The zero-order valence-electron chi connectivity index (χ0n) is 14.2. The normalized spacial score (nSPS) is 14.8. The van der Waals surface area contributed by atoms with Crippen LogP contribution in [0, 0.1) is 17.0 Å². The van der Waals surface area contributed by atoms with Gasteiger partial charge in [0.2, 0.25) is 0 Å². The van der Waals surface area contributed by atoms with Crippen molar-refractivity contribution in [1.29, 1.82) is 0 Å². The number of amides is 1. The van der Waals surface area contributed by atoms with E-state index in [1.54, 1.807) is 0 Å². The van der Waals surface area contributed by atoms with Crippen LogP contribution in [0.3, 0.4) is 0 Å². The molecule has 1 fully saturated rings. The van der Waals surface area contributed by atoms with Crippen molar-refractivity contribution in [2.75, 3.05) is 29.9 Å². The third-order valence-electron chi connectivity index (χ3n) is 4.28. The van der Waals surface area contributed by atoms with Gasteiger partial charge in [-0.1, -0.05) is 24.3 Å². The highest BCUT2D eigenvalue weighted by molar-refractivity contribution is 5.94. The van der Waals surface area contributed by atoms with Crippen molar-refractivity contribution in [3.8, 4) is 0 Å². The highest BCUT2D eigenvalue weighted by atomic mass is 16.6. The molecule has 0 radical (unpaired) electrons. The fourth-order valence-corrected chi connectivity index (χ4v) is 2.90. The van der Waals surface area contributed by atoms with Crippen LogP contribution >= 0.6 is 0 Å². The molecular weight excluding hydrogens is 338 g/mol. The van der Waals surface area contributed by atoms with Gasteiger partial charge in [0.1, 0.15) is 6.61 Å². The summed E-state index contributed by atoms with van der Waals surface area (Å²) < 4.78 is 4.93. The zero-order chi connectivity index (χ0) is 18.7. The lowest BCUT2D eigenvalue weighted by molar-refractivity contribution is -0.384. The second-order valence-electron chi connectivity index (χ2n) is 5.98. The number of cyclic esters (lactones) is 1. The molecule has 0 aliphatic carbocycles. The molecule has 2 N–H and O–H groups in total. The standard InChI is InChI=1S/C18H19N3O5/c1-12-4-2-3-5-14(12)17(22)11-19-15-7-6-13(21(24)25)10-16(15)20-8-9-26-18(20)23/h2-7,10,17,19,22H,8-9,11H2,1H3. The number of non-ortho nitro benzene ring substituents is 1.